The molecule has 0 spiro atoms. The summed E-state index contributed by atoms with van der Waals surface area (Å²) in [5, 5.41) is 3.59. The minimum Gasteiger partial charge on any atom is -0.474 e. The van der Waals surface area contributed by atoms with E-state index in [0.717, 1.165) is 13.1 Å². The molecule has 0 amide bonds. The van der Waals surface area contributed by atoms with Crippen LogP contribution >= 0.6 is 11.6 Å². The second-order valence-electron chi connectivity index (χ2n) is 3.72. The maximum absolute atomic E-state index is 5.69. The van der Waals surface area contributed by atoms with Crippen molar-refractivity contribution < 1.29 is 9.47 Å². The lowest BCUT2D eigenvalue weighted by Crippen LogP contribution is -2.45. The monoisotopic (exact) mass is 243 g/mol. The van der Waals surface area contributed by atoms with Crippen molar-refractivity contribution in [1.29, 1.82) is 0 Å². The number of halogens is 1. The quantitative estimate of drug-likeness (QED) is 0.854. The van der Waals surface area contributed by atoms with Gasteiger partial charge in [0.1, 0.15) is 12.7 Å². The van der Waals surface area contributed by atoms with Gasteiger partial charge in [0.25, 0.3) is 0 Å². The van der Waals surface area contributed by atoms with Gasteiger partial charge in [-0.05, 0) is 6.92 Å². The van der Waals surface area contributed by atoms with Gasteiger partial charge in [-0.2, -0.15) is 4.98 Å². The minimum atomic E-state index is 0.0459. The molecule has 1 fully saturated rings. The summed E-state index contributed by atoms with van der Waals surface area (Å²) in [4.78, 5) is 7.87. The molecule has 2 unspecified atom stereocenters. The third-order valence-electron chi connectivity index (χ3n) is 2.23. The first-order valence-electron chi connectivity index (χ1n) is 5.20. The van der Waals surface area contributed by atoms with Crippen molar-refractivity contribution in [3.05, 3.63) is 17.5 Å². The second kappa shape index (κ2) is 5.43. The van der Waals surface area contributed by atoms with Crippen molar-refractivity contribution in [2.75, 3.05) is 19.7 Å². The predicted molar refractivity (Wildman–Crippen MR) is 59.7 cm³/mol. The Morgan fingerprint density at radius 3 is 3.19 bits per heavy atom. The van der Waals surface area contributed by atoms with Crippen molar-refractivity contribution in [1.82, 2.24) is 15.3 Å². The van der Waals surface area contributed by atoms with Crippen LogP contribution in [0.4, 0.5) is 0 Å². The molecule has 2 atom stereocenters. The van der Waals surface area contributed by atoms with Crippen molar-refractivity contribution in [3.8, 4) is 5.88 Å². The summed E-state index contributed by atoms with van der Waals surface area (Å²) >= 11 is 5.69. The molecule has 16 heavy (non-hydrogen) atoms. The molecule has 6 heteroatoms. The van der Waals surface area contributed by atoms with Crippen LogP contribution in [0.3, 0.4) is 0 Å². The molecular formula is C10H14ClN3O2. The van der Waals surface area contributed by atoms with Crippen LogP contribution in [0.15, 0.2) is 12.4 Å². The van der Waals surface area contributed by atoms with Crippen LogP contribution in [0.2, 0.25) is 5.15 Å². The first-order valence-corrected chi connectivity index (χ1v) is 5.58. The largest absolute Gasteiger partial charge is 0.474 e. The van der Waals surface area contributed by atoms with Gasteiger partial charge in [0.05, 0.1) is 18.5 Å². The van der Waals surface area contributed by atoms with E-state index in [1.54, 1.807) is 0 Å². The fourth-order valence-corrected chi connectivity index (χ4v) is 1.68. The van der Waals surface area contributed by atoms with E-state index in [1.165, 1.54) is 12.4 Å². The Bertz CT molecular complexity index is 351. The molecule has 1 aliphatic rings. The number of aromatic nitrogens is 2. The summed E-state index contributed by atoms with van der Waals surface area (Å²) in [6.07, 6.45) is 3.26. The second-order valence-corrected chi connectivity index (χ2v) is 4.11. The molecule has 1 saturated heterocycles. The molecule has 1 N–H and O–H groups in total. The Morgan fingerprint density at radius 2 is 2.44 bits per heavy atom. The maximum Gasteiger partial charge on any atom is 0.233 e. The van der Waals surface area contributed by atoms with Gasteiger partial charge in [0.15, 0.2) is 5.15 Å². The van der Waals surface area contributed by atoms with Gasteiger partial charge >= 0.3 is 0 Å². The molecule has 2 heterocycles. The predicted octanol–water partition coefficient (Wildman–Crippen LogP) is 0.886. The normalized spacial score (nSPS) is 25.4. The lowest BCUT2D eigenvalue weighted by molar-refractivity contribution is -0.0477. The zero-order chi connectivity index (χ0) is 11.4. The third kappa shape index (κ3) is 3.30. The highest BCUT2D eigenvalue weighted by Gasteiger charge is 2.19. The average Bonchev–Trinajstić information content (AvgIpc) is 2.27. The Morgan fingerprint density at radius 1 is 1.56 bits per heavy atom. The summed E-state index contributed by atoms with van der Waals surface area (Å²) in [5.41, 5.74) is 0. The molecule has 5 nitrogen and oxygen atoms in total. The maximum atomic E-state index is 5.69. The molecule has 88 valence electrons. The molecule has 0 aromatic carbocycles. The van der Waals surface area contributed by atoms with Crippen LogP contribution in [0.5, 0.6) is 5.88 Å². The van der Waals surface area contributed by atoms with E-state index in [0.29, 0.717) is 17.6 Å². The van der Waals surface area contributed by atoms with E-state index < -0.39 is 0 Å². The first-order chi connectivity index (χ1) is 7.74. The summed E-state index contributed by atoms with van der Waals surface area (Å²) in [7, 11) is 0. The van der Waals surface area contributed by atoms with Gasteiger partial charge < -0.3 is 14.8 Å². The number of hydrogen-bond donors (Lipinski definition) is 1. The molecule has 1 aromatic heterocycles. The summed E-state index contributed by atoms with van der Waals surface area (Å²) in [6.45, 7) is 4.15. The van der Waals surface area contributed by atoms with E-state index in [1.807, 2.05) is 6.92 Å². The van der Waals surface area contributed by atoms with E-state index in [9.17, 15) is 0 Å². The highest BCUT2D eigenvalue weighted by atomic mass is 35.5. The van der Waals surface area contributed by atoms with Gasteiger partial charge in [-0.15, -0.1) is 0 Å². The van der Waals surface area contributed by atoms with Crippen LogP contribution < -0.4 is 10.1 Å². The van der Waals surface area contributed by atoms with Crippen LogP contribution in [0, 0.1) is 0 Å². The number of hydrogen-bond acceptors (Lipinski definition) is 5. The van der Waals surface area contributed by atoms with Gasteiger partial charge in [0, 0.05) is 13.1 Å². The van der Waals surface area contributed by atoms with Crippen molar-refractivity contribution in [2.24, 2.45) is 0 Å². The topological polar surface area (TPSA) is 56.3 Å². The van der Waals surface area contributed by atoms with Crippen LogP contribution in [-0.4, -0.2) is 41.9 Å². The molecule has 2 rings (SSSR count). The summed E-state index contributed by atoms with van der Waals surface area (Å²) < 4.78 is 11.1. The fraction of sp³-hybridized carbons (Fsp3) is 0.600. The van der Waals surface area contributed by atoms with Gasteiger partial charge in [0.2, 0.25) is 5.88 Å². The number of morpholine rings is 1. The smallest absolute Gasteiger partial charge is 0.233 e. The Kier molecular flexibility index (Phi) is 3.93. The summed E-state index contributed by atoms with van der Waals surface area (Å²) in [5.74, 6) is 0.425. The molecule has 0 saturated carbocycles. The molecule has 1 aliphatic heterocycles. The zero-order valence-corrected chi connectivity index (χ0v) is 9.78. The van der Waals surface area contributed by atoms with Crippen LogP contribution in [0.25, 0.3) is 0 Å². The Hall–Kier alpha value is -0.910. The first kappa shape index (κ1) is 11.6. The highest BCUT2D eigenvalue weighted by Crippen LogP contribution is 2.10. The number of ether oxygens (including phenoxy) is 2. The van der Waals surface area contributed by atoms with E-state index in [2.05, 4.69) is 15.3 Å². The average molecular weight is 244 g/mol. The van der Waals surface area contributed by atoms with Gasteiger partial charge in [-0.1, -0.05) is 11.6 Å². The highest BCUT2D eigenvalue weighted by molar-refractivity contribution is 6.29. The standard InChI is InChI=1S/C10H14ClN3O2/c1-7-2-12-3-8(16-7)6-15-10-5-13-4-9(11)14-10/h4-5,7-8,12H,2-3,6H2,1H3. The Balaban J connectivity index is 1.82. The lowest BCUT2D eigenvalue weighted by Gasteiger charge is -2.28. The van der Waals surface area contributed by atoms with Gasteiger partial charge in [-0.25, -0.2) is 0 Å². The minimum absolute atomic E-state index is 0.0459. The Labute approximate surface area is 99.1 Å². The lowest BCUT2D eigenvalue weighted by atomic mass is 10.2. The van der Waals surface area contributed by atoms with Crippen molar-refractivity contribution in [2.45, 2.75) is 19.1 Å². The SMILES string of the molecule is CC1CNCC(COc2cncc(Cl)n2)O1. The van der Waals surface area contributed by atoms with Crippen molar-refractivity contribution in [3.63, 3.8) is 0 Å². The summed E-state index contributed by atoms with van der Waals surface area (Å²) in [6, 6.07) is 0. The third-order valence-corrected chi connectivity index (χ3v) is 2.41. The molecule has 0 radical (unpaired) electrons. The number of nitrogens with one attached hydrogen (secondary N) is 1. The molecule has 1 aromatic rings. The van der Waals surface area contributed by atoms with E-state index >= 15 is 0 Å². The fourth-order valence-electron chi connectivity index (χ4n) is 1.54. The number of nitrogens with zero attached hydrogens (tertiary/aromatic N) is 2. The van der Waals surface area contributed by atoms with Crippen molar-refractivity contribution >= 4 is 11.6 Å². The van der Waals surface area contributed by atoms with E-state index in [4.69, 9.17) is 21.1 Å². The molecule has 0 aliphatic carbocycles. The molecule has 0 bridgehead atoms. The molecular weight excluding hydrogens is 230 g/mol. The number of rotatable bonds is 3. The van der Waals surface area contributed by atoms with Crippen LogP contribution in [0.1, 0.15) is 6.92 Å². The van der Waals surface area contributed by atoms with Gasteiger partial charge in [-0.3, -0.25) is 4.98 Å². The van der Waals surface area contributed by atoms with E-state index in [-0.39, 0.29) is 12.2 Å². The zero-order valence-electron chi connectivity index (χ0n) is 9.02. The van der Waals surface area contributed by atoms with Crippen LogP contribution in [-0.2, 0) is 4.74 Å².